The van der Waals surface area contributed by atoms with Gasteiger partial charge in [0, 0.05) is 18.2 Å². The Balaban J connectivity index is 1.48. The number of hydrogen-bond donors (Lipinski definition) is 4. The number of rotatable bonds is 11. The van der Waals surface area contributed by atoms with Crippen LogP contribution in [-0.2, 0) is 12.3 Å². The van der Waals surface area contributed by atoms with E-state index in [9.17, 15) is 23.8 Å². The van der Waals surface area contributed by atoms with Crippen molar-refractivity contribution < 1.29 is 33.6 Å². The number of aliphatic hydroxyl groups is 1. The van der Waals surface area contributed by atoms with Crippen LogP contribution in [0.4, 0.5) is 8.78 Å². The highest BCUT2D eigenvalue weighted by atomic mass is 19.3. The number of halogens is 2. The molecular formula is C26H27F2NO5. The van der Waals surface area contributed by atoms with Gasteiger partial charge in [0.15, 0.2) is 6.61 Å². The Bertz CT molecular complexity index is 1090. The molecule has 0 unspecified atom stereocenters. The highest BCUT2D eigenvalue weighted by Gasteiger charge is 2.32. The summed E-state index contributed by atoms with van der Waals surface area (Å²) in [5.74, 6) is -4.39. The molecule has 0 aromatic heterocycles. The number of carboxylic acid groups (broad SMARTS) is 1. The SMILES string of the molecule is C[C@@H](Cc1ccc(OCC(F)(F)c2ccccc2)cc1)NC[C@H](O)c1ccc(O)c(C(=O)O)c1. The van der Waals surface area contributed by atoms with Gasteiger partial charge in [0.05, 0.1) is 6.10 Å². The average Bonchev–Trinajstić information content (AvgIpc) is 2.83. The minimum atomic E-state index is -3.10. The minimum Gasteiger partial charge on any atom is -0.507 e. The summed E-state index contributed by atoms with van der Waals surface area (Å²) in [4.78, 5) is 11.1. The monoisotopic (exact) mass is 471 g/mol. The Kier molecular flexibility index (Phi) is 8.20. The molecule has 3 aromatic rings. The lowest BCUT2D eigenvalue weighted by atomic mass is 10.0. The predicted molar refractivity (Wildman–Crippen MR) is 123 cm³/mol. The maximum Gasteiger partial charge on any atom is 0.339 e. The van der Waals surface area contributed by atoms with Crippen molar-refractivity contribution in [2.75, 3.05) is 13.2 Å². The molecule has 0 aliphatic carbocycles. The molecule has 2 atom stereocenters. The Hall–Kier alpha value is -3.49. The molecule has 0 aliphatic heterocycles. The van der Waals surface area contributed by atoms with E-state index in [0.717, 1.165) is 5.56 Å². The Morgan fingerprint density at radius 3 is 2.38 bits per heavy atom. The summed E-state index contributed by atoms with van der Waals surface area (Å²) in [5, 5.41) is 32.2. The molecular weight excluding hydrogens is 444 g/mol. The number of aliphatic hydroxyl groups excluding tert-OH is 1. The van der Waals surface area contributed by atoms with Gasteiger partial charge in [-0.15, -0.1) is 0 Å². The van der Waals surface area contributed by atoms with Gasteiger partial charge in [-0.05, 0) is 48.7 Å². The first-order valence-corrected chi connectivity index (χ1v) is 10.8. The zero-order chi connectivity index (χ0) is 24.7. The molecule has 0 heterocycles. The third kappa shape index (κ3) is 6.76. The number of ether oxygens (including phenoxy) is 1. The van der Waals surface area contributed by atoms with Gasteiger partial charge in [0.2, 0.25) is 0 Å². The second-order valence-electron chi connectivity index (χ2n) is 8.11. The van der Waals surface area contributed by atoms with E-state index in [4.69, 9.17) is 9.84 Å². The third-order valence-corrected chi connectivity index (χ3v) is 5.38. The second-order valence-corrected chi connectivity index (χ2v) is 8.11. The van der Waals surface area contributed by atoms with Gasteiger partial charge in [-0.1, -0.05) is 48.5 Å². The molecule has 8 heteroatoms. The normalized spacial score (nSPS) is 13.3. The lowest BCUT2D eigenvalue weighted by molar-refractivity contribution is -0.0467. The number of aromatic carboxylic acids is 1. The van der Waals surface area contributed by atoms with Gasteiger partial charge in [0.1, 0.15) is 17.1 Å². The smallest absolute Gasteiger partial charge is 0.339 e. The molecule has 0 radical (unpaired) electrons. The van der Waals surface area contributed by atoms with E-state index in [-0.39, 0.29) is 29.5 Å². The summed E-state index contributed by atoms with van der Waals surface area (Å²) < 4.78 is 33.8. The van der Waals surface area contributed by atoms with Gasteiger partial charge >= 0.3 is 11.9 Å². The van der Waals surface area contributed by atoms with Crippen molar-refractivity contribution in [3.8, 4) is 11.5 Å². The fraction of sp³-hybridized carbons (Fsp3) is 0.269. The van der Waals surface area contributed by atoms with Crippen LogP contribution in [0.3, 0.4) is 0 Å². The van der Waals surface area contributed by atoms with Crippen molar-refractivity contribution in [2.24, 2.45) is 0 Å². The number of hydrogen-bond acceptors (Lipinski definition) is 5. The Morgan fingerprint density at radius 1 is 1.06 bits per heavy atom. The number of carboxylic acids is 1. The van der Waals surface area contributed by atoms with Crippen molar-refractivity contribution in [3.05, 3.63) is 95.1 Å². The van der Waals surface area contributed by atoms with Crippen LogP contribution < -0.4 is 10.1 Å². The van der Waals surface area contributed by atoms with Crippen LogP contribution in [0.1, 0.15) is 40.1 Å². The quantitative estimate of drug-likeness (QED) is 0.328. The fourth-order valence-corrected chi connectivity index (χ4v) is 3.45. The second kappa shape index (κ2) is 11.1. The summed E-state index contributed by atoms with van der Waals surface area (Å²) >= 11 is 0. The molecule has 0 spiro atoms. The Morgan fingerprint density at radius 2 is 1.74 bits per heavy atom. The van der Waals surface area contributed by atoms with Gasteiger partial charge in [-0.25, -0.2) is 4.79 Å². The van der Waals surface area contributed by atoms with Crippen molar-refractivity contribution >= 4 is 5.97 Å². The predicted octanol–water partition coefficient (Wildman–Crippen LogP) is 4.52. The average molecular weight is 472 g/mol. The molecule has 3 rings (SSSR count). The lowest BCUT2D eigenvalue weighted by Gasteiger charge is -2.19. The molecule has 0 fully saturated rings. The van der Waals surface area contributed by atoms with Gasteiger partial charge in [-0.3, -0.25) is 0 Å². The molecule has 0 aliphatic rings. The van der Waals surface area contributed by atoms with Crippen LogP contribution in [0.5, 0.6) is 11.5 Å². The zero-order valence-corrected chi connectivity index (χ0v) is 18.6. The number of alkyl halides is 2. The topological polar surface area (TPSA) is 99.0 Å². The minimum absolute atomic E-state index is 0.0279. The van der Waals surface area contributed by atoms with E-state index in [1.165, 1.54) is 30.3 Å². The highest BCUT2D eigenvalue weighted by molar-refractivity contribution is 5.90. The molecule has 6 nitrogen and oxygen atoms in total. The van der Waals surface area contributed by atoms with Crippen LogP contribution in [-0.4, -0.2) is 40.5 Å². The van der Waals surface area contributed by atoms with Gasteiger partial charge in [0.25, 0.3) is 0 Å². The molecule has 0 saturated carbocycles. The summed E-state index contributed by atoms with van der Waals surface area (Å²) in [6.07, 6.45) is -0.341. The third-order valence-electron chi connectivity index (χ3n) is 5.38. The molecule has 0 amide bonds. The summed E-state index contributed by atoms with van der Waals surface area (Å²) in [6.45, 7) is 1.35. The van der Waals surface area contributed by atoms with E-state index < -0.39 is 24.6 Å². The van der Waals surface area contributed by atoms with E-state index in [0.29, 0.717) is 17.7 Å². The maximum atomic E-state index is 14.3. The molecule has 4 N–H and O–H groups in total. The van der Waals surface area contributed by atoms with Crippen LogP contribution in [0.2, 0.25) is 0 Å². The van der Waals surface area contributed by atoms with E-state index in [2.05, 4.69) is 5.32 Å². The number of benzene rings is 3. The fourth-order valence-electron chi connectivity index (χ4n) is 3.45. The summed E-state index contributed by atoms with van der Waals surface area (Å²) in [5.41, 5.74) is 0.965. The standard InChI is InChI=1S/C26H27F2NO5/c1-17(29-15-24(31)19-9-12-23(30)22(14-19)25(32)33)13-18-7-10-21(11-8-18)34-16-26(27,28)20-5-3-2-4-6-20/h2-12,14,17,24,29-31H,13,15-16H2,1H3,(H,32,33)/t17-,24-/m0/s1. The first-order chi connectivity index (χ1) is 16.2. The van der Waals surface area contributed by atoms with E-state index in [1.807, 2.05) is 6.92 Å². The maximum absolute atomic E-state index is 14.3. The molecule has 34 heavy (non-hydrogen) atoms. The summed E-state index contributed by atoms with van der Waals surface area (Å²) in [7, 11) is 0. The van der Waals surface area contributed by atoms with E-state index >= 15 is 0 Å². The molecule has 180 valence electrons. The van der Waals surface area contributed by atoms with Crippen LogP contribution in [0.25, 0.3) is 0 Å². The largest absolute Gasteiger partial charge is 0.507 e. The number of carbonyl (C=O) groups is 1. The van der Waals surface area contributed by atoms with Crippen LogP contribution in [0.15, 0.2) is 72.8 Å². The van der Waals surface area contributed by atoms with Gasteiger partial charge < -0.3 is 25.4 Å². The zero-order valence-electron chi connectivity index (χ0n) is 18.6. The summed E-state index contributed by atoms with van der Waals surface area (Å²) in [6, 6.07) is 18.3. The highest BCUT2D eigenvalue weighted by Crippen LogP contribution is 2.29. The molecule has 0 bridgehead atoms. The number of phenols is 1. The first-order valence-electron chi connectivity index (χ1n) is 10.8. The number of nitrogens with one attached hydrogen (secondary N) is 1. The van der Waals surface area contributed by atoms with E-state index in [1.54, 1.807) is 42.5 Å². The first kappa shape index (κ1) is 25.1. The van der Waals surface area contributed by atoms with Crippen molar-refractivity contribution in [1.82, 2.24) is 5.32 Å². The Labute approximate surface area is 196 Å². The molecule has 0 saturated heterocycles. The van der Waals surface area contributed by atoms with Gasteiger partial charge in [-0.2, -0.15) is 8.78 Å². The van der Waals surface area contributed by atoms with Crippen LogP contribution >= 0.6 is 0 Å². The van der Waals surface area contributed by atoms with Crippen molar-refractivity contribution in [1.29, 1.82) is 0 Å². The molecule has 3 aromatic carbocycles. The van der Waals surface area contributed by atoms with Crippen LogP contribution in [0, 0.1) is 0 Å². The number of aromatic hydroxyl groups is 1. The van der Waals surface area contributed by atoms with Crippen molar-refractivity contribution in [3.63, 3.8) is 0 Å². The lowest BCUT2D eigenvalue weighted by Crippen LogP contribution is -2.32. The van der Waals surface area contributed by atoms with Crippen molar-refractivity contribution in [2.45, 2.75) is 31.4 Å².